The van der Waals surface area contributed by atoms with Crippen LogP contribution in [0.25, 0.3) is 0 Å². The standard InChI is InChI=1S/C6H11BrO2/c1-6(2,8)5(7)4-9-3/h4,8H,1-3H3/b5-4-. The van der Waals surface area contributed by atoms with E-state index in [0.29, 0.717) is 4.48 Å². The molecule has 0 saturated carbocycles. The minimum atomic E-state index is -0.837. The molecule has 0 spiro atoms. The van der Waals surface area contributed by atoms with Crippen molar-refractivity contribution in [3.8, 4) is 0 Å². The van der Waals surface area contributed by atoms with E-state index in [1.807, 2.05) is 0 Å². The van der Waals surface area contributed by atoms with Gasteiger partial charge in [-0.3, -0.25) is 0 Å². The maximum absolute atomic E-state index is 9.22. The molecule has 0 aliphatic carbocycles. The molecule has 0 rings (SSSR count). The van der Waals surface area contributed by atoms with Crippen molar-refractivity contribution >= 4 is 15.9 Å². The highest BCUT2D eigenvalue weighted by molar-refractivity contribution is 9.11. The third-order valence-corrected chi connectivity index (χ3v) is 1.96. The molecule has 0 unspecified atom stereocenters. The molecule has 0 aromatic carbocycles. The molecule has 0 bridgehead atoms. The average Bonchev–Trinajstić information content (AvgIpc) is 1.64. The summed E-state index contributed by atoms with van der Waals surface area (Å²) in [6.45, 7) is 3.35. The van der Waals surface area contributed by atoms with Crippen LogP contribution in [0.1, 0.15) is 13.8 Å². The molecular formula is C6H11BrO2. The van der Waals surface area contributed by atoms with Crippen molar-refractivity contribution in [2.24, 2.45) is 0 Å². The molecule has 0 aliphatic heterocycles. The molecule has 9 heavy (non-hydrogen) atoms. The second-order valence-electron chi connectivity index (χ2n) is 2.26. The zero-order valence-corrected chi connectivity index (χ0v) is 7.40. The minimum absolute atomic E-state index is 0.637. The van der Waals surface area contributed by atoms with Crippen molar-refractivity contribution in [1.29, 1.82) is 0 Å². The van der Waals surface area contributed by atoms with Crippen LogP contribution in [0.4, 0.5) is 0 Å². The first-order chi connectivity index (χ1) is 3.98. The van der Waals surface area contributed by atoms with Crippen molar-refractivity contribution in [1.82, 2.24) is 0 Å². The first-order valence-electron chi connectivity index (χ1n) is 2.60. The molecule has 54 valence electrons. The predicted octanol–water partition coefficient (Wildman–Crippen LogP) is 1.64. The Labute approximate surface area is 63.6 Å². The zero-order valence-electron chi connectivity index (χ0n) is 5.81. The molecule has 2 nitrogen and oxygen atoms in total. The van der Waals surface area contributed by atoms with Gasteiger partial charge in [0, 0.05) is 0 Å². The van der Waals surface area contributed by atoms with E-state index in [9.17, 15) is 5.11 Å². The number of ether oxygens (including phenoxy) is 1. The van der Waals surface area contributed by atoms with Gasteiger partial charge in [0.05, 0.1) is 23.5 Å². The SMILES string of the molecule is CO/C=C(\Br)C(C)(C)O. The largest absolute Gasteiger partial charge is 0.503 e. The van der Waals surface area contributed by atoms with Gasteiger partial charge in [0.15, 0.2) is 0 Å². The molecule has 0 aliphatic rings. The van der Waals surface area contributed by atoms with Gasteiger partial charge < -0.3 is 9.84 Å². The molecule has 0 fully saturated rings. The second-order valence-corrected chi connectivity index (χ2v) is 3.11. The average molecular weight is 195 g/mol. The number of aliphatic hydroxyl groups is 1. The smallest absolute Gasteiger partial charge is 0.0955 e. The minimum Gasteiger partial charge on any atom is -0.503 e. The highest BCUT2D eigenvalue weighted by Gasteiger charge is 2.16. The number of methoxy groups -OCH3 is 1. The maximum atomic E-state index is 9.22. The van der Waals surface area contributed by atoms with Crippen LogP contribution >= 0.6 is 15.9 Å². The van der Waals surface area contributed by atoms with E-state index in [2.05, 4.69) is 20.7 Å². The number of rotatable bonds is 2. The van der Waals surface area contributed by atoms with E-state index < -0.39 is 5.60 Å². The van der Waals surface area contributed by atoms with Crippen LogP contribution in [0.2, 0.25) is 0 Å². The Morgan fingerprint density at radius 1 is 1.67 bits per heavy atom. The molecule has 0 saturated heterocycles. The molecule has 0 aromatic heterocycles. The van der Waals surface area contributed by atoms with Crippen LogP contribution in [0.3, 0.4) is 0 Å². The summed E-state index contributed by atoms with van der Waals surface area (Å²) in [5.41, 5.74) is -0.837. The van der Waals surface area contributed by atoms with E-state index in [4.69, 9.17) is 0 Å². The van der Waals surface area contributed by atoms with Gasteiger partial charge in [-0.2, -0.15) is 0 Å². The molecular weight excluding hydrogens is 184 g/mol. The van der Waals surface area contributed by atoms with Gasteiger partial charge in [0.2, 0.25) is 0 Å². The topological polar surface area (TPSA) is 29.5 Å². The van der Waals surface area contributed by atoms with Crippen LogP contribution in [0.15, 0.2) is 10.7 Å². The predicted molar refractivity (Wildman–Crippen MR) is 40.3 cm³/mol. The van der Waals surface area contributed by atoms with Crippen molar-refractivity contribution in [2.45, 2.75) is 19.4 Å². The summed E-state index contributed by atoms with van der Waals surface area (Å²) in [5.74, 6) is 0. The lowest BCUT2D eigenvalue weighted by Gasteiger charge is -2.15. The highest BCUT2D eigenvalue weighted by Crippen LogP contribution is 2.20. The fourth-order valence-corrected chi connectivity index (χ4v) is 0.435. The summed E-state index contributed by atoms with van der Waals surface area (Å²) < 4.78 is 5.30. The van der Waals surface area contributed by atoms with Gasteiger partial charge in [0.1, 0.15) is 0 Å². The third kappa shape index (κ3) is 3.54. The van der Waals surface area contributed by atoms with Crippen LogP contribution in [-0.4, -0.2) is 17.8 Å². The van der Waals surface area contributed by atoms with Gasteiger partial charge in [-0.25, -0.2) is 0 Å². The Morgan fingerprint density at radius 2 is 2.11 bits per heavy atom. The number of hydrogen-bond donors (Lipinski definition) is 1. The van der Waals surface area contributed by atoms with Gasteiger partial charge in [0.25, 0.3) is 0 Å². The fraction of sp³-hybridized carbons (Fsp3) is 0.667. The summed E-state index contributed by atoms with van der Waals surface area (Å²) in [5, 5.41) is 9.22. The molecule has 0 aromatic rings. The molecule has 0 amide bonds. The fourth-order valence-electron chi connectivity index (χ4n) is 0.248. The Balaban J connectivity index is 4.03. The van der Waals surface area contributed by atoms with E-state index in [1.54, 1.807) is 13.8 Å². The lowest BCUT2D eigenvalue weighted by Crippen LogP contribution is -2.18. The van der Waals surface area contributed by atoms with Crippen molar-refractivity contribution in [3.05, 3.63) is 10.7 Å². The van der Waals surface area contributed by atoms with Crippen LogP contribution in [0.5, 0.6) is 0 Å². The van der Waals surface area contributed by atoms with Gasteiger partial charge in [-0.05, 0) is 29.8 Å². The Hall–Kier alpha value is -0.0200. The van der Waals surface area contributed by atoms with Crippen LogP contribution < -0.4 is 0 Å². The van der Waals surface area contributed by atoms with Crippen molar-refractivity contribution in [2.75, 3.05) is 7.11 Å². The monoisotopic (exact) mass is 194 g/mol. The summed E-state index contributed by atoms with van der Waals surface area (Å²) in [4.78, 5) is 0. The highest BCUT2D eigenvalue weighted by atomic mass is 79.9. The first-order valence-corrected chi connectivity index (χ1v) is 3.39. The van der Waals surface area contributed by atoms with E-state index in [0.717, 1.165) is 0 Å². The molecule has 1 N–H and O–H groups in total. The Kier molecular flexibility index (Phi) is 3.22. The quantitative estimate of drug-likeness (QED) is 0.678. The van der Waals surface area contributed by atoms with Gasteiger partial charge >= 0.3 is 0 Å². The van der Waals surface area contributed by atoms with E-state index >= 15 is 0 Å². The van der Waals surface area contributed by atoms with Crippen LogP contribution in [-0.2, 0) is 4.74 Å². The normalized spacial score (nSPS) is 13.7. The maximum Gasteiger partial charge on any atom is 0.0955 e. The summed E-state index contributed by atoms with van der Waals surface area (Å²) in [6, 6.07) is 0. The zero-order chi connectivity index (χ0) is 7.49. The number of halogens is 1. The number of hydrogen-bond acceptors (Lipinski definition) is 2. The summed E-state index contributed by atoms with van der Waals surface area (Å²) in [7, 11) is 1.53. The summed E-state index contributed by atoms with van der Waals surface area (Å²) in [6.07, 6.45) is 1.46. The third-order valence-electron chi connectivity index (χ3n) is 0.806. The van der Waals surface area contributed by atoms with Crippen molar-refractivity contribution in [3.63, 3.8) is 0 Å². The van der Waals surface area contributed by atoms with E-state index in [1.165, 1.54) is 13.4 Å². The molecule has 0 radical (unpaired) electrons. The summed E-state index contributed by atoms with van der Waals surface area (Å²) >= 11 is 3.14. The lowest BCUT2D eigenvalue weighted by atomic mass is 10.1. The molecule has 0 heterocycles. The van der Waals surface area contributed by atoms with E-state index in [-0.39, 0.29) is 0 Å². The molecule has 0 atom stereocenters. The molecule has 3 heteroatoms. The van der Waals surface area contributed by atoms with Gasteiger partial charge in [-0.15, -0.1) is 0 Å². The Morgan fingerprint density at radius 3 is 2.22 bits per heavy atom. The lowest BCUT2D eigenvalue weighted by molar-refractivity contribution is 0.126. The van der Waals surface area contributed by atoms with Crippen molar-refractivity contribution < 1.29 is 9.84 Å². The second kappa shape index (κ2) is 3.22. The van der Waals surface area contributed by atoms with Crippen LogP contribution in [0, 0.1) is 0 Å². The first kappa shape index (κ1) is 8.98. The Bertz CT molecular complexity index is 113. The van der Waals surface area contributed by atoms with Gasteiger partial charge in [-0.1, -0.05) is 0 Å².